The van der Waals surface area contributed by atoms with Gasteiger partial charge >= 0.3 is 0 Å². The second-order valence-corrected chi connectivity index (χ2v) is 8.29. The van der Waals surface area contributed by atoms with Crippen LogP contribution < -0.4 is 22.1 Å². The minimum absolute atomic E-state index is 0.0776. The Labute approximate surface area is 196 Å². The Morgan fingerprint density at radius 1 is 0.941 bits per heavy atom. The van der Waals surface area contributed by atoms with Gasteiger partial charge in [-0.1, -0.05) is 42.5 Å². The molecule has 0 aliphatic carbocycles. The Bertz CT molecular complexity index is 1390. The van der Waals surface area contributed by atoms with Crippen molar-refractivity contribution >= 4 is 23.1 Å². The van der Waals surface area contributed by atoms with Crippen LogP contribution in [-0.4, -0.2) is 17.4 Å². The van der Waals surface area contributed by atoms with Crippen LogP contribution in [0.25, 0.3) is 22.3 Å². The van der Waals surface area contributed by atoms with Crippen molar-refractivity contribution in [1.29, 1.82) is 0 Å². The van der Waals surface area contributed by atoms with E-state index >= 15 is 4.39 Å². The summed E-state index contributed by atoms with van der Waals surface area (Å²) in [6.07, 6.45) is 2.28. The maximum Gasteiger partial charge on any atom is 0.251 e. The molecular weight excluding hydrogens is 429 g/mol. The van der Waals surface area contributed by atoms with Crippen molar-refractivity contribution in [3.63, 3.8) is 0 Å². The molecule has 6 nitrogen and oxygen atoms in total. The van der Waals surface area contributed by atoms with Gasteiger partial charge in [-0.25, -0.2) is 9.37 Å². The largest absolute Gasteiger partial charge is 0.397 e. The molecule has 34 heavy (non-hydrogen) atoms. The Morgan fingerprint density at radius 2 is 1.76 bits per heavy atom. The average molecular weight is 454 g/mol. The van der Waals surface area contributed by atoms with Gasteiger partial charge in [-0.2, -0.15) is 0 Å². The summed E-state index contributed by atoms with van der Waals surface area (Å²) in [6, 6.07) is 20.2. The molecule has 0 radical (unpaired) electrons. The van der Waals surface area contributed by atoms with E-state index in [4.69, 9.17) is 11.5 Å². The lowest BCUT2D eigenvalue weighted by molar-refractivity contribution is 0.0946. The van der Waals surface area contributed by atoms with Crippen LogP contribution in [0.3, 0.4) is 0 Å². The summed E-state index contributed by atoms with van der Waals surface area (Å²) in [6.45, 7) is 1.13. The molecule has 0 saturated heterocycles. The summed E-state index contributed by atoms with van der Waals surface area (Å²) in [5.41, 5.74) is 18.5. The average Bonchev–Trinajstić information content (AvgIpc) is 2.85. The lowest BCUT2D eigenvalue weighted by atomic mass is 9.94. The summed E-state index contributed by atoms with van der Waals surface area (Å²) >= 11 is 0. The van der Waals surface area contributed by atoms with Crippen molar-refractivity contribution in [2.45, 2.75) is 13.0 Å². The van der Waals surface area contributed by atoms with Gasteiger partial charge in [-0.15, -0.1) is 0 Å². The number of hydrogen-bond donors (Lipinski definition) is 4. The van der Waals surface area contributed by atoms with Crippen molar-refractivity contribution in [2.24, 2.45) is 0 Å². The summed E-state index contributed by atoms with van der Waals surface area (Å²) in [7, 11) is 0. The topological polar surface area (TPSA) is 106 Å². The molecule has 3 aromatic carbocycles. The van der Waals surface area contributed by atoms with Crippen LogP contribution in [0.1, 0.15) is 21.5 Å². The molecule has 5 rings (SSSR count). The zero-order chi connectivity index (χ0) is 23.7. The maximum atomic E-state index is 15.1. The molecule has 0 atom stereocenters. The lowest BCUT2D eigenvalue weighted by Gasteiger charge is -2.18. The molecule has 0 spiro atoms. The van der Waals surface area contributed by atoms with Crippen molar-refractivity contribution < 1.29 is 9.18 Å². The molecule has 1 aromatic heterocycles. The molecule has 7 heteroatoms. The lowest BCUT2D eigenvalue weighted by Crippen LogP contribution is -2.31. The fraction of sp³-hybridized carbons (Fsp3) is 0.111. The monoisotopic (exact) mass is 453 g/mol. The second-order valence-electron chi connectivity index (χ2n) is 8.29. The van der Waals surface area contributed by atoms with E-state index in [1.165, 1.54) is 6.07 Å². The number of pyridine rings is 1. The van der Waals surface area contributed by atoms with E-state index in [9.17, 15) is 4.79 Å². The number of nitrogen functional groups attached to an aromatic ring is 2. The smallest absolute Gasteiger partial charge is 0.251 e. The number of rotatable bonds is 5. The highest BCUT2D eigenvalue weighted by atomic mass is 19.1. The normalized spacial score (nSPS) is 12.7. The van der Waals surface area contributed by atoms with E-state index in [1.54, 1.807) is 18.3 Å². The molecular formula is C27H24FN5O. The van der Waals surface area contributed by atoms with Gasteiger partial charge in [0.15, 0.2) is 0 Å². The van der Waals surface area contributed by atoms with Gasteiger partial charge in [0.05, 0.1) is 11.4 Å². The van der Waals surface area contributed by atoms with E-state index in [-0.39, 0.29) is 5.91 Å². The summed E-state index contributed by atoms with van der Waals surface area (Å²) in [5.74, 6) is -0.158. The predicted octanol–water partition coefficient (Wildman–Crippen LogP) is 4.62. The van der Waals surface area contributed by atoms with Gasteiger partial charge in [-0.05, 0) is 47.4 Å². The fourth-order valence-electron chi connectivity index (χ4n) is 4.21. The van der Waals surface area contributed by atoms with Crippen molar-refractivity contribution in [1.82, 2.24) is 10.3 Å². The number of amides is 1. The fourth-order valence-corrected chi connectivity index (χ4v) is 4.21. The first-order valence-corrected chi connectivity index (χ1v) is 11.0. The number of aromatic nitrogens is 1. The van der Waals surface area contributed by atoms with Gasteiger partial charge in [0, 0.05) is 41.5 Å². The molecule has 0 bridgehead atoms. The van der Waals surface area contributed by atoms with E-state index < -0.39 is 5.82 Å². The molecule has 170 valence electrons. The zero-order valence-electron chi connectivity index (χ0n) is 18.4. The number of anilines is 3. The van der Waals surface area contributed by atoms with Crippen LogP contribution in [0, 0.1) is 5.82 Å². The highest BCUT2D eigenvalue weighted by Gasteiger charge is 2.18. The third kappa shape index (κ3) is 4.15. The number of nitrogens with one attached hydrogen (secondary N) is 2. The Hall–Kier alpha value is -4.39. The first-order chi connectivity index (χ1) is 16.5. The van der Waals surface area contributed by atoms with Crippen LogP contribution in [0.4, 0.5) is 21.6 Å². The molecule has 0 saturated carbocycles. The Morgan fingerprint density at radius 3 is 2.59 bits per heavy atom. The number of halogens is 1. The SMILES string of the molecule is Nc1cc(-c2cnc(N)c(-c3ccc4c(c3)CCNC4=O)c2)c(F)cc1NCc1ccccc1. The van der Waals surface area contributed by atoms with E-state index in [1.807, 2.05) is 48.5 Å². The molecule has 1 amide bonds. The van der Waals surface area contributed by atoms with Crippen LogP contribution in [0.5, 0.6) is 0 Å². The third-order valence-corrected chi connectivity index (χ3v) is 6.04. The molecule has 4 aromatic rings. The standard InChI is InChI=1S/C27H24FN5O/c28-23-13-25(32-14-16-4-2-1-3-5-16)24(29)12-21(23)19-11-22(26(30)33-15-19)17-6-7-20-18(10-17)8-9-31-27(20)34/h1-7,10-13,15,32H,8-9,14,29H2,(H2,30,33)(H,31,34). The highest BCUT2D eigenvalue weighted by Crippen LogP contribution is 2.35. The van der Waals surface area contributed by atoms with Crippen molar-refractivity contribution in [3.05, 3.63) is 95.4 Å². The second kappa shape index (κ2) is 8.86. The van der Waals surface area contributed by atoms with Gasteiger partial charge < -0.3 is 22.1 Å². The van der Waals surface area contributed by atoms with E-state index in [0.717, 1.165) is 23.1 Å². The van der Waals surface area contributed by atoms with Crippen LogP contribution >= 0.6 is 0 Å². The van der Waals surface area contributed by atoms with Gasteiger partial charge in [-0.3, -0.25) is 4.79 Å². The number of carbonyl (C=O) groups excluding carboxylic acids is 1. The quantitative estimate of drug-likeness (QED) is 0.330. The Kier molecular flexibility index (Phi) is 5.59. The number of carbonyl (C=O) groups is 1. The predicted molar refractivity (Wildman–Crippen MR) is 134 cm³/mol. The molecule has 1 aliphatic heterocycles. The minimum atomic E-state index is -0.413. The summed E-state index contributed by atoms with van der Waals surface area (Å²) < 4.78 is 15.1. The number of hydrogen-bond acceptors (Lipinski definition) is 5. The molecule has 0 unspecified atom stereocenters. The number of fused-ring (bicyclic) bond motifs is 1. The first-order valence-electron chi connectivity index (χ1n) is 11.0. The van der Waals surface area contributed by atoms with Crippen molar-refractivity contribution in [2.75, 3.05) is 23.3 Å². The number of benzene rings is 3. The summed E-state index contributed by atoms with van der Waals surface area (Å²) in [4.78, 5) is 16.4. The molecule has 1 aliphatic rings. The van der Waals surface area contributed by atoms with Crippen LogP contribution in [0.2, 0.25) is 0 Å². The van der Waals surface area contributed by atoms with Gasteiger partial charge in [0.25, 0.3) is 5.91 Å². The Balaban J connectivity index is 1.46. The van der Waals surface area contributed by atoms with Gasteiger partial charge in [0.2, 0.25) is 0 Å². The van der Waals surface area contributed by atoms with Crippen LogP contribution in [0.15, 0.2) is 72.9 Å². The number of nitrogens with two attached hydrogens (primary N) is 2. The number of nitrogens with zero attached hydrogens (tertiary/aromatic N) is 1. The summed E-state index contributed by atoms with van der Waals surface area (Å²) in [5, 5.41) is 6.03. The molecule has 6 N–H and O–H groups in total. The first kappa shape index (κ1) is 21.5. The van der Waals surface area contributed by atoms with Crippen LogP contribution in [-0.2, 0) is 13.0 Å². The van der Waals surface area contributed by atoms with E-state index in [0.29, 0.717) is 52.5 Å². The molecule has 0 fully saturated rings. The zero-order valence-corrected chi connectivity index (χ0v) is 18.4. The van der Waals surface area contributed by atoms with E-state index in [2.05, 4.69) is 15.6 Å². The highest BCUT2D eigenvalue weighted by molar-refractivity contribution is 5.97. The molecule has 2 heterocycles. The third-order valence-electron chi connectivity index (χ3n) is 6.04. The van der Waals surface area contributed by atoms with Crippen molar-refractivity contribution in [3.8, 4) is 22.3 Å². The van der Waals surface area contributed by atoms with Gasteiger partial charge in [0.1, 0.15) is 11.6 Å². The maximum absolute atomic E-state index is 15.1. The minimum Gasteiger partial charge on any atom is -0.397 e.